The van der Waals surface area contributed by atoms with Gasteiger partial charge >= 0.3 is 6.18 Å². The summed E-state index contributed by atoms with van der Waals surface area (Å²) in [5.74, 6) is 0. The van der Waals surface area contributed by atoms with Crippen molar-refractivity contribution in [3.05, 3.63) is 95.6 Å². The van der Waals surface area contributed by atoms with E-state index in [4.69, 9.17) is 9.98 Å². The highest BCUT2D eigenvalue weighted by atomic mass is 19.4. The molecule has 0 saturated heterocycles. The molecule has 0 spiro atoms. The highest BCUT2D eigenvalue weighted by molar-refractivity contribution is 5.84. The first-order chi connectivity index (χ1) is 17.9. The second-order valence-corrected chi connectivity index (χ2v) is 9.31. The molecule has 3 aliphatic rings. The first-order valence-electron chi connectivity index (χ1n) is 12.2. The molecule has 0 atom stereocenters. The molecule has 186 valence electrons. The van der Waals surface area contributed by atoms with Gasteiger partial charge < -0.3 is 9.88 Å². The standard InChI is InChI=1S/C29H24F3N5/c1-18-22(9-5-15-33-18)35-24-16-26-28(17-25(24)34-20-6-4-7-20)37(27-10-3-2-8-23(27)36-26)21-13-11-19(12-14-21)29(30,31)32/h2-3,5,8-17,20,35H,4,6-7H2,1H3/b34-25+. The largest absolute Gasteiger partial charge is 0.416 e. The highest BCUT2D eigenvalue weighted by Gasteiger charge is 2.30. The Kier molecular flexibility index (Phi) is 5.67. The number of halogens is 3. The van der Waals surface area contributed by atoms with Crippen molar-refractivity contribution in [1.82, 2.24) is 14.5 Å². The van der Waals surface area contributed by atoms with E-state index in [2.05, 4.69) is 10.3 Å². The van der Waals surface area contributed by atoms with Gasteiger partial charge in [0.2, 0.25) is 0 Å². The maximum Gasteiger partial charge on any atom is 0.416 e. The van der Waals surface area contributed by atoms with E-state index >= 15 is 0 Å². The third-order valence-corrected chi connectivity index (χ3v) is 6.82. The van der Waals surface area contributed by atoms with E-state index in [1.54, 1.807) is 6.20 Å². The number of nitrogens with one attached hydrogen (secondary N) is 1. The van der Waals surface area contributed by atoms with Crippen LogP contribution in [0.4, 0.5) is 24.5 Å². The van der Waals surface area contributed by atoms with Gasteiger partial charge in [0.1, 0.15) is 0 Å². The maximum absolute atomic E-state index is 13.3. The van der Waals surface area contributed by atoms with Gasteiger partial charge in [0, 0.05) is 11.9 Å². The van der Waals surface area contributed by atoms with Gasteiger partial charge in [-0.05, 0) is 86.8 Å². The first-order valence-corrected chi connectivity index (χ1v) is 12.2. The molecule has 1 fully saturated rings. The zero-order valence-electron chi connectivity index (χ0n) is 20.1. The van der Waals surface area contributed by atoms with Crippen LogP contribution in [0.5, 0.6) is 0 Å². The molecule has 1 aromatic heterocycles. The molecule has 8 heteroatoms. The summed E-state index contributed by atoms with van der Waals surface area (Å²) in [5.41, 5.74) is 5.51. The van der Waals surface area contributed by atoms with Gasteiger partial charge in [0.05, 0.1) is 56.5 Å². The molecule has 37 heavy (non-hydrogen) atoms. The number of rotatable bonds is 4. The molecule has 1 saturated carbocycles. The molecule has 1 N–H and O–H groups in total. The number of nitrogens with zero attached hydrogens (tertiary/aromatic N) is 4. The molecule has 6 rings (SSSR count). The van der Waals surface area contributed by atoms with Crippen LogP contribution in [0.2, 0.25) is 0 Å². The molecule has 0 bridgehead atoms. The van der Waals surface area contributed by atoms with Crippen LogP contribution < -0.4 is 10.7 Å². The van der Waals surface area contributed by atoms with E-state index < -0.39 is 11.7 Å². The smallest absolute Gasteiger partial charge is 0.352 e. The van der Waals surface area contributed by atoms with Crippen molar-refractivity contribution in [3.8, 4) is 17.1 Å². The molecule has 0 amide bonds. The molecular formula is C29H24F3N5. The molecule has 1 aliphatic heterocycles. The fourth-order valence-electron chi connectivity index (χ4n) is 4.60. The Bertz CT molecular complexity index is 1630. The van der Waals surface area contributed by atoms with Crippen LogP contribution in [0.3, 0.4) is 0 Å². The Hall–Kier alpha value is -4.20. The topological polar surface area (TPSA) is 55.1 Å². The minimum Gasteiger partial charge on any atom is -0.352 e. The Morgan fingerprint density at radius 3 is 2.43 bits per heavy atom. The van der Waals surface area contributed by atoms with E-state index in [0.29, 0.717) is 11.4 Å². The number of para-hydroxylation sites is 2. The predicted octanol–water partition coefficient (Wildman–Crippen LogP) is 7.05. The zero-order valence-corrected chi connectivity index (χ0v) is 20.1. The average molecular weight is 500 g/mol. The highest BCUT2D eigenvalue weighted by Crippen LogP contribution is 2.33. The second-order valence-electron chi connectivity index (χ2n) is 9.31. The minimum atomic E-state index is -4.40. The van der Waals surface area contributed by atoms with Crippen molar-refractivity contribution in [2.75, 3.05) is 5.32 Å². The van der Waals surface area contributed by atoms with E-state index in [1.165, 1.54) is 12.1 Å². The van der Waals surface area contributed by atoms with Gasteiger partial charge in [-0.2, -0.15) is 13.2 Å². The lowest BCUT2D eigenvalue weighted by Gasteiger charge is -2.23. The van der Waals surface area contributed by atoms with Crippen LogP contribution >= 0.6 is 0 Å². The summed E-state index contributed by atoms with van der Waals surface area (Å²) in [6.07, 6.45) is 0.590. The van der Waals surface area contributed by atoms with Gasteiger partial charge in [0.15, 0.2) is 0 Å². The fourth-order valence-corrected chi connectivity index (χ4v) is 4.60. The van der Waals surface area contributed by atoms with Gasteiger partial charge in [-0.1, -0.05) is 12.1 Å². The van der Waals surface area contributed by atoms with Crippen molar-refractivity contribution in [3.63, 3.8) is 0 Å². The lowest BCUT2D eigenvalue weighted by molar-refractivity contribution is -0.137. The number of anilines is 2. The summed E-state index contributed by atoms with van der Waals surface area (Å²) in [7, 11) is 0. The van der Waals surface area contributed by atoms with E-state index in [0.717, 1.165) is 70.5 Å². The van der Waals surface area contributed by atoms with Crippen molar-refractivity contribution >= 4 is 22.4 Å². The molecule has 0 radical (unpaired) electrons. The Morgan fingerprint density at radius 2 is 1.73 bits per heavy atom. The summed E-state index contributed by atoms with van der Waals surface area (Å²) < 4.78 is 41.7. The Labute approximate surface area is 211 Å². The normalized spacial score (nSPS) is 14.8. The van der Waals surface area contributed by atoms with Crippen molar-refractivity contribution in [1.29, 1.82) is 0 Å². The molecule has 3 aromatic rings. The van der Waals surface area contributed by atoms with E-state index in [1.807, 2.05) is 60.0 Å². The van der Waals surface area contributed by atoms with Crippen LogP contribution in [-0.4, -0.2) is 20.6 Å². The lowest BCUT2D eigenvalue weighted by Crippen LogP contribution is -2.22. The number of hydrogen-bond donors (Lipinski definition) is 1. The Balaban J connectivity index is 1.60. The number of aryl methyl sites for hydroxylation is 1. The molecule has 2 aromatic carbocycles. The van der Waals surface area contributed by atoms with Crippen LogP contribution in [0, 0.1) is 6.92 Å². The number of pyridine rings is 1. The van der Waals surface area contributed by atoms with Crippen molar-refractivity contribution in [2.45, 2.75) is 38.4 Å². The number of hydrogen-bond acceptors (Lipinski definition) is 4. The van der Waals surface area contributed by atoms with Gasteiger partial charge in [0.25, 0.3) is 0 Å². The van der Waals surface area contributed by atoms with Crippen LogP contribution in [-0.2, 0) is 6.18 Å². The van der Waals surface area contributed by atoms with Gasteiger partial charge in [-0.15, -0.1) is 0 Å². The number of fused-ring (bicyclic) bond motifs is 2. The predicted molar refractivity (Wildman–Crippen MR) is 138 cm³/mol. The summed E-state index contributed by atoms with van der Waals surface area (Å²) in [4.78, 5) is 14.3. The van der Waals surface area contributed by atoms with Crippen LogP contribution in [0.25, 0.3) is 28.1 Å². The van der Waals surface area contributed by atoms with Gasteiger partial charge in [-0.3, -0.25) is 9.98 Å². The monoisotopic (exact) mass is 499 g/mol. The van der Waals surface area contributed by atoms with E-state index in [-0.39, 0.29) is 6.04 Å². The average Bonchev–Trinajstić information content (AvgIpc) is 2.86. The SMILES string of the molecule is Cc1ncccc1Nc1cc2nc3ccccc3n(-c3ccc(C(F)(F)F)cc3)c-2c/c1=N\C1CCC1. The van der Waals surface area contributed by atoms with Crippen molar-refractivity contribution < 1.29 is 13.2 Å². The molecule has 0 unspecified atom stereocenters. The second kappa shape index (κ2) is 9.03. The minimum absolute atomic E-state index is 0.251. The Morgan fingerprint density at radius 1 is 0.946 bits per heavy atom. The summed E-state index contributed by atoms with van der Waals surface area (Å²) in [6.45, 7) is 1.94. The first kappa shape index (κ1) is 23.2. The third-order valence-electron chi connectivity index (χ3n) is 6.82. The molecule has 2 heterocycles. The van der Waals surface area contributed by atoms with Crippen molar-refractivity contribution in [2.24, 2.45) is 4.99 Å². The number of aromatic nitrogens is 3. The maximum atomic E-state index is 13.3. The summed E-state index contributed by atoms with van der Waals surface area (Å²) in [6, 6.07) is 20.9. The number of alkyl halides is 3. The molecule has 5 nitrogen and oxygen atoms in total. The summed E-state index contributed by atoms with van der Waals surface area (Å²) >= 11 is 0. The van der Waals surface area contributed by atoms with E-state index in [9.17, 15) is 13.2 Å². The van der Waals surface area contributed by atoms with Crippen LogP contribution in [0.15, 0.2) is 84.0 Å². The van der Waals surface area contributed by atoms with Gasteiger partial charge in [-0.25, -0.2) is 4.98 Å². The zero-order chi connectivity index (χ0) is 25.6. The molecular weight excluding hydrogens is 475 g/mol. The molecule has 2 aliphatic carbocycles. The third kappa shape index (κ3) is 4.43. The fraction of sp³-hybridized carbons (Fsp3) is 0.207. The number of benzene rings is 3. The lowest BCUT2D eigenvalue weighted by atomic mass is 9.94. The quantitative estimate of drug-likeness (QED) is 0.270. The van der Waals surface area contributed by atoms with Crippen LogP contribution in [0.1, 0.15) is 30.5 Å². The summed E-state index contributed by atoms with van der Waals surface area (Å²) in [5, 5.41) is 4.28.